The Kier molecular flexibility index (Phi) is 3.21. The minimum absolute atomic E-state index is 0.216. The number of nitrogens with zero attached hydrogens (tertiary/aromatic N) is 1. The molecule has 5 heteroatoms. The number of nitrogens with two attached hydrogens (primary N) is 1. The summed E-state index contributed by atoms with van der Waals surface area (Å²) >= 11 is 7.52. The molecule has 1 aromatic heterocycles. The van der Waals surface area contributed by atoms with Crippen molar-refractivity contribution in [1.82, 2.24) is 0 Å². The van der Waals surface area contributed by atoms with E-state index in [0.29, 0.717) is 6.54 Å². The van der Waals surface area contributed by atoms with Crippen molar-refractivity contribution in [3.8, 4) is 0 Å². The van der Waals surface area contributed by atoms with E-state index < -0.39 is 0 Å². The highest BCUT2D eigenvalue weighted by atomic mass is 35.5. The van der Waals surface area contributed by atoms with E-state index in [2.05, 4.69) is 4.90 Å². The summed E-state index contributed by atoms with van der Waals surface area (Å²) in [7, 11) is 0. The van der Waals surface area contributed by atoms with Crippen molar-refractivity contribution in [2.24, 2.45) is 5.73 Å². The number of rotatable bonds is 3. The molecule has 1 aliphatic heterocycles. The average molecular weight is 293 g/mol. The van der Waals surface area contributed by atoms with Crippen molar-refractivity contribution in [3.63, 3.8) is 0 Å². The normalized spacial score (nSPS) is 17.5. The molecule has 1 amide bonds. The third-order valence-corrected chi connectivity index (χ3v) is 4.59. The Balaban J connectivity index is 1.90. The van der Waals surface area contributed by atoms with Crippen LogP contribution >= 0.6 is 22.9 Å². The molecule has 2 N–H and O–H groups in total. The summed E-state index contributed by atoms with van der Waals surface area (Å²) in [6, 6.07) is 11.9. The van der Waals surface area contributed by atoms with Gasteiger partial charge in [0.25, 0.3) is 0 Å². The van der Waals surface area contributed by atoms with E-state index in [1.165, 1.54) is 4.88 Å². The highest BCUT2D eigenvalue weighted by Gasteiger charge is 2.31. The molecule has 0 fully saturated rings. The average Bonchev–Trinajstić information content (AvgIpc) is 2.95. The highest BCUT2D eigenvalue weighted by molar-refractivity contribution is 7.16. The summed E-state index contributed by atoms with van der Waals surface area (Å²) in [5.41, 5.74) is 7.61. The molecule has 0 saturated heterocycles. The van der Waals surface area contributed by atoms with Crippen molar-refractivity contribution >= 4 is 34.5 Å². The molecule has 1 aliphatic rings. The van der Waals surface area contributed by atoms with E-state index in [-0.39, 0.29) is 11.8 Å². The second-order valence-electron chi connectivity index (χ2n) is 4.60. The summed E-state index contributed by atoms with van der Waals surface area (Å²) in [4.78, 5) is 14.9. The minimum Gasteiger partial charge on any atom is -0.369 e. The first-order chi connectivity index (χ1) is 9.15. The SMILES string of the molecule is NC(=O)C1CN(Cc2ccc(Cl)s2)c2ccccc21. The molecule has 0 bridgehead atoms. The van der Waals surface area contributed by atoms with Crippen LogP contribution in [0.2, 0.25) is 4.34 Å². The number of para-hydroxylation sites is 1. The molecule has 1 atom stereocenters. The topological polar surface area (TPSA) is 46.3 Å². The van der Waals surface area contributed by atoms with Gasteiger partial charge < -0.3 is 10.6 Å². The van der Waals surface area contributed by atoms with Gasteiger partial charge in [-0.25, -0.2) is 0 Å². The van der Waals surface area contributed by atoms with E-state index >= 15 is 0 Å². The molecule has 2 aromatic rings. The van der Waals surface area contributed by atoms with Crippen LogP contribution in [0.25, 0.3) is 0 Å². The molecule has 98 valence electrons. The molecule has 3 nitrogen and oxygen atoms in total. The zero-order chi connectivity index (χ0) is 13.4. The van der Waals surface area contributed by atoms with E-state index in [4.69, 9.17) is 17.3 Å². The van der Waals surface area contributed by atoms with Gasteiger partial charge in [-0.05, 0) is 23.8 Å². The number of primary amides is 1. The second kappa shape index (κ2) is 4.87. The fraction of sp³-hybridized carbons (Fsp3) is 0.214. The number of hydrogen-bond acceptors (Lipinski definition) is 3. The lowest BCUT2D eigenvalue weighted by Crippen LogP contribution is -2.27. The first kappa shape index (κ1) is 12.5. The van der Waals surface area contributed by atoms with Gasteiger partial charge in [-0.15, -0.1) is 11.3 Å². The number of fused-ring (bicyclic) bond motifs is 1. The highest BCUT2D eigenvalue weighted by Crippen LogP contribution is 2.37. The minimum atomic E-state index is -0.265. The predicted octanol–water partition coefficient (Wildman–Crippen LogP) is 2.99. The largest absolute Gasteiger partial charge is 0.369 e. The number of hydrogen-bond donors (Lipinski definition) is 1. The lowest BCUT2D eigenvalue weighted by molar-refractivity contribution is -0.119. The number of benzene rings is 1. The van der Waals surface area contributed by atoms with Crippen LogP contribution in [0.3, 0.4) is 0 Å². The zero-order valence-corrected chi connectivity index (χ0v) is 11.7. The van der Waals surface area contributed by atoms with Crippen molar-refractivity contribution in [2.75, 3.05) is 11.4 Å². The van der Waals surface area contributed by atoms with E-state index in [9.17, 15) is 4.79 Å². The van der Waals surface area contributed by atoms with Gasteiger partial charge in [0.1, 0.15) is 0 Å². The predicted molar refractivity (Wildman–Crippen MR) is 78.8 cm³/mol. The quantitative estimate of drug-likeness (QED) is 0.945. The Labute approximate surface area is 120 Å². The summed E-state index contributed by atoms with van der Waals surface area (Å²) in [6.07, 6.45) is 0. The van der Waals surface area contributed by atoms with Crippen LogP contribution in [0.1, 0.15) is 16.4 Å². The summed E-state index contributed by atoms with van der Waals surface area (Å²) < 4.78 is 0.786. The monoisotopic (exact) mass is 292 g/mol. The Bertz CT molecular complexity index is 625. The molecule has 1 aromatic carbocycles. The Hall–Kier alpha value is -1.52. The lowest BCUT2D eigenvalue weighted by atomic mass is 10.0. The number of anilines is 1. The molecular weight excluding hydrogens is 280 g/mol. The number of carbonyl (C=O) groups excluding carboxylic acids is 1. The van der Waals surface area contributed by atoms with Gasteiger partial charge in [0.2, 0.25) is 5.91 Å². The van der Waals surface area contributed by atoms with Gasteiger partial charge >= 0.3 is 0 Å². The van der Waals surface area contributed by atoms with Crippen molar-refractivity contribution < 1.29 is 4.79 Å². The van der Waals surface area contributed by atoms with Crippen LogP contribution in [-0.4, -0.2) is 12.5 Å². The smallest absolute Gasteiger partial charge is 0.226 e. The van der Waals surface area contributed by atoms with Gasteiger partial charge in [0, 0.05) is 17.1 Å². The van der Waals surface area contributed by atoms with Crippen LogP contribution in [0, 0.1) is 0 Å². The van der Waals surface area contributed by atoms with E-state index in [1.54, 1.807) is 11.3 Å². The fourth-order valence-electron chi connectivity index (χ4n) is 2.51. The molecule has 1 unspecified atom stereocenters. The summed E-state index contributed by atoms with van der Waals surface area (Å²) in [6.45, 7) is 1.41. The van der Waals surface area contributed by atoms with Crippen LogP contribution in [0.5, 0.6) is 0 Å². The molecule has 19 heavy (non-hydrogen) atoms. The van der Waals surface area contributed by atoms with Gasteiger partial charge in [-0.3, -0.25) is 4.79 Å². The molecule has 0 saturated carbocycles. The molecule has 0 spiro atoms. The van der Waals surface area contributed by atoms with E-state index in [0.717, 1.165) is 22.1 Å². The zero-order valence-electron chi connectivity index (χ0n) is 10.2. The fourth-order valence-corrected chi connectivity index (χ4v) is 3.61. The maximum absolute atomic E-state index is 11.5. The lowest BCUT2D eigenvalue weighted by Gasteiger charge is -2.18. The number of amides is 1. The first-order valence-corrected chi connectivity index (χ1v) is 7.22. The Morgan fingerprint density at radius 3 is 2.84 bits per heavy atom. The van der Waals surface area contributed by atoms with Gasteiger partial charge in [0.05, 0.1) is 16.8 Å². The van der Waals surface area contributed by atoms with Crippen LogP contribution in [0.15, 0.2) is 36.4 Å². The van der Waals surface area contributed by atoms with E-state index in [1.807, 2.05) is 36.4 Å². The van der Waals surface area contributed by atoms with Crippen molar-refractivity contribution in [1.29, 1.82) is 0 Å². The Morgan fingerprint density at radius 1 is 1.37 bits per heavy atom. The van der Waals surface area contributed by atoms with Gasteiger partial charge in [0.15, 0.2) is 0 Å². The maximum atomic E-state index is 11.5. The standard InChI is InChI=1S/C14H13ClN2OS/c15-13-6-5-9(19-13)7-17-8-11(14(16)18)10-3-1-2-4-12(10)17/h1-6,11H,7-8H2,(H2,16,18). The van der Waals surface area contributed by atoms with Crippen molar-refractivity contribution in [3.05, 3.63) is 51.2 Å². The maximum Gasteiger partial charge on any atom is 0.226 e. The number of thiophene rings is 1. The van der Waals surface area contributed by atoms with Gasteiger partial charge in [-0.2, -0.15) is 0 Å². The van der Waals surface area contributed by atoms with Crippen LogP contribution in [-0.2, 0) is 11.3 Å². The van der Waals surface area contributed by atoms with Crippen LogP contribution in [0.4, 0.5) is 5.69 Å². The number of halogens is 1. The molecule has 2 heterocycles. The second-order valence-corrected chi connectivity index (χ2v) is 6.40. The van der Waals surface area contributed by atoms with Gasteiger partial charge in [-0.1, -0.05) is 29.8 Å². The van der Waals surface area contributed by atoms with Crippen molar-refractivity contribution in [2.45, 2.75) is 12.5 Å². The molecule has 3 rings (SSSR count). The molecule has 0 radical (unpaired) electrons. The molecular formula is C14H13ClN2OS. The van der Waals surface area contributed by atoms with Crippen LogP contribution < -0.4 is 10.6 Å². The summed E-state index contributed by atoms with van der Waals surface area (Å²) in [5, 5.41) is 0. The summed E-state index contributed by atoms with van der Waals surface area (Å²) in [5.74, 6) is -0.481. The number of carbonyl (C=O) groups is 1. The molecule has 0 aliphatic carbocycles. The third kappa shape index (κ3) is 2.33. The Morgan fingerprint density at radius 2 is 2.16 bits per heavy atom. The first-order valence-electron chi connectivity index (χ1n) is 6.02. The third-order valence-electron chi connectivity index (χ3n) is 3.37.